The van der Waals surface area contributed by atoms with E-state index in [0.717, 1.165) is 12.8 Å². The van der Waals surface area contributed by atoms with Crippen molar-refractivity contribution in [3.05, 3.63) is 155 Å². The number of unbranched alkanes of at least 4 members (excludes halogenated alkanes) is 28. The standard InChI is InChI=1S/C74H111NP2/c1-5-9-13-17-21-25-29-33-41-64-51-57-71(58-52-64)76(72-59-53-65(54-60-72)42-34-30-26-22-18-14-10-6-2)75(70-56-55-68-47-37-38-48-69(68)63-70)77(73-49-39-45-66(61-73)43-35-31-27-23-19-15-11-7-3)74-50-40-46-67(62-74)44-36-32-28-24-20-16-12-8-4/h37-40,45-54,57-62,70H,5-36,41-44,55-56,63H2,1-4H3. The Morgan fingerprint density at radius 1 is 0.312 bits per heavy atom. The molecule has 1 unspecified atom stereocenters. The molecule has 0 saturated carbocycles. The summed E-state index contributed by atoms with van der Waals surface area (Å²) in [7, 11) is -1.79. The van der Waals surface area contributed by atoms with Gasteiger partial charge in [0.1, 0.15) is 0 Å². The molecular weight excluding hydrogens is 965 g/mol. The molecule has 0 spiro atoms. The van der Waals surface area contributed by atoms with E-state index in [1.807, 2.05) is 0 Å². The molecule has 0 saturated heterocycles. The van der Waals surface area contributed by atoms with E-state index >= 15 is 0 Å². The summed E-state index contributed by atoms with van der Waals surface area (Å²) < 4.78 is 3.20. The van der Waals surface area contributed by atoms with E-state index < -0.39 is 16.1 Å². The molecule has 0 N–H and O–H groups in total. The van der Waals surface area contributed by atoms with Gasteiger partial charge in [-0.1, -0.05) is 317 Å². The van der Waals surface area contributed by atoms with Gasteiger partial charge in [0.05, 0.1) is 0 Å². The summed E-state index contributed by atoms with van der Waals surface area (Å²) in [6.45, 7) is 9.31. The number of fused-ring (bicyclic) bond motifs is 1. The topological polar surface area (TPSA) is 3.24 Å². The Morgan fingerprint density at radius 2 is 0.636 bits per heavy atom. The van der Waals surface area contributed by atoms with Crippen molar-refractivity contribution in [2.24, 2.45) is 0 Å². The monoisotopic (exact) mass is 1080 g/mol. The highest BCUT2D eigenvalue weighted by Crippen LogP contribution is 2.58. The van der Waals surface area contributed by atoms with Crippen molar-refractivity contribution in [3.63, 3.8) is 0 Å². The first-order chi connectivity index (χ1) is 38.1. The van der Waals surface area contributed by atoms with Gasteiger partial charge < -0.3 is 0 Å². The van der Waals surface area contributed by atoms with Crippen molar-refractivity contribution < 1.29 is 0 Å². The largest absolute Gasteiger partial charge is 0.241 e. The van der Waals surface area contributed by atoms with Gasteiger partial charge in [-0.05, 0) is 137 Å². The predicted molar refractivity (Wildman–Crippen MR) is 347 cm³/mol. The van der Waals surface area contributed by atoms with Crippen LogP contribution in [0.4, 0.5) is 0 Å². The van der Waals surface area contributed by atoms with Crippen molar-refractivity contribution in [2.75, 3.05) is 0 Å². The zero-order valence-corrected chi connectivity index (χ0v) is 51.8. The van der Waals surface area contributed by atoms with Gasteiger partial charge in [-0.15, -0.1) is 0 Å². The average Bonchev–Trinajstić information content (AvgIpc) is 3.48. The lowest BCUT2D eigenvalue weighted by molar-refractivity contribution is 0.440. The highest BCUT2D eigenvalue weighted by atomic mass is 31.2. The molecule has 0 amide bonds. The predicted octanol–water partition coefficient (Wildman–Crippen LogP) is 21.7. The molecule has 0 aromatic heterocycles. The fourth-order valence-corrected chi connectivity index (χ4v) is 18.6. The number of rotatable bonds is 43. The van der Waals surface area contributed by atoms with E-state index in [-0.39, 0.29) is 0 Å². The van der Waals surface area contributed by atoms with Crippen LogP contribution in [0.1, 0.15) is 273 Å². The number of benzene rings is 5. The molecule has 5 aromatic carbocycles. The van der Waals surface area contributed by atoms with Crippen LogP contribution in [-0.4, -0.2) is 10.5 Å². The quantitative estimate of drug-likeness (QED) is 0.0278. The molecule has 77 heavy (non-hydrogen) atoms. The Morgan fingerprint density at radius 3 is 1.01 bits per heavy atom. The molecule has 1 aliphatic rings. The first-order valence-electron chi connectivity index (χ1n) is 32.9. The fourth-order valence-electron chi connectivity index (χ4n) is 12.2. The van der Waals surface area contributed by atoms with Crippen LogP contribution in [0, 0.1) is 0 Å². The Kier molecular flexibility index (Phi) is 32.2. The Balaban J connectivity index is 1.37. The maximum atomic E-state index is 3.20. The second kappa shape index (κ2) is 39.3. The van der Waals surface area contributed by atoms with Crippen molar-refractivity contribution in [3.8, 4) is 0 Å². The van der Waals surface area contributed by atoms with Gasteiger partial charge in [0.15, 0.2) is 0 Å². The maximum Gasteiger partial charge on any atom is 0.0326 e. The van der Waals surface area contributed by atoms with Crippen LogP contribution in [0.5, 0.6) is 0 Å². The molecule has 6 rings (SSSR count). The molecule has 0 heterocycles. The normalized spacial score (nSPS) is 13.6. The molecule has 0 radical (unpaired) electrons. The Labute approximate surface area is 478 Å². The number of aryl methyl sites for hydroxylation is 5. The van der Waals surface area contributed by atoms with E-state index in [9.17, 15) is 0 Å². The summed E-state index contributed by atoms with van der Waals surface area (Å²) in [5, 5.41) is 6.13. The Bertz CT molecular complexity index is 2120. The third kappa shape index (κ3) is 23.5. The molecular formula is C74H111NP2. The fraction of sp³-hybridized carbons (Fsp3) is 0.595. The van der Waals surface area contributed by atoms with Crippen LogP contribution in [0.15, 0.2) is 121 Å². The smallest absolute Gasteiger partial charge is 0.0326 e. The second-order valence-electron chi connectivity index (χ2n) is 23.7. The maximum absolute atomic E-state index is 3.20. The molecule has 5 aromatic rings. The van der Waals surface area contributed by atoms with Gasteiger partial charge in [0, 0.05) is 22.2 Å². The molecule has 3 heteroatoms. The lowest BCUT2D eigenvalue weighted by Gasteiger charge is -2.45. The van der Waals surface area contributed by atoms with Crippen LogP contribution < -0.4 is 21.2 Å². The molecule has 422 valence electrons. The van der Waals surface area contributed by atoms with Crippen LogP contribution in [-0.2, 0) is 38.5 Å². The second-order valence-corrected chi connectivity index (χ2v) is 28.2. The molecule has 1 nitrogen and oxygen atoms in total. The first-order valence-corrected chi connectivity index (χ1v) is 35.5. The molecule has 0 fully saturated rings. The minimum absolute atomic E-state index is 0.420. The van der Waals surface area contributed by atoms with E-state index in [4.69, 9.17) is 0 Å². The number of nitrogens with zero attached hydrogens (tertiary/aromatic N) is 1. The summed E-state index contributed by atoms with van der Waals surface area (Å²) in [6, 6.07) is 50.6. The van der Waals surface area contributed by atoms with Crippen molar-refractivity contribution in [1.29, 1.82) is 0 Å². The molecule has 1 atom stereocenters. The minimum atomic E-state index is -0.899. The Hall–Kier alpha value is -3.08. The minimum Gasteiger partial charge on any atom is -0.241 e. The van der Waals surface area contributed by atoms with E-state index in [1.165, 1.54) is 270 Å². The summed E-state index contributed by atoms with van der Waals surface area (Å²) in [5.74, 6) is 0. The van der Waals surface area contributed by atoms with Gasteiger partial charge in [-0.25, -0.2) is 4.44 Å². The lowest BCUT2D eigenvalue weighted by Crippen LogP contribution is -2.41. The van der Waals surface area contributed by atoms with Gasteiger partial charge in [0.25, 0.3) is 0 Å². The highest BCUT2D eigenvalue weighted by Gasteiger charge is 2.38. The van der Waals surface area contributed by atoms with Crippen molar-refractivity contribution >= 4 is 37.4 Å². The van der Waals surface area contributed by atoms with Gasteiger partial charge in [-0.2, -0.15) is 0 Å². The third-order valence-corrected chi connectivity index (χ3v) is 22.7. The molecule has 0 aliphatic heterocycles. The van der Waals surface area contributed by atoms with E-state index in [0.29, 0.717) is 6.04 Å². The van der Waals surface area contributed by atoms with E-state index in [2.05, 4.69) is 153 Å². The summed E-state index contributed by atoms with van der Waals surface area (Å²) in [6.07, 6.45) is 51.9. The van der Waals surface area contributed by atoms with Crippen LogP contribution >= 0.6 is 16.1 Å². The third-order valence-electron chi connectivity index (χ3n) is 17.0. The van der Waals surface area contributed by atoms with Gasteiger partial charge >= 0.3 is 0 Å². The molecule has 0 bridgehead atoms. The summed E-state index contributed by atoms with van der Waals surface area (Å²) in [5.41, 5.74) is 9.21. The molecule has 1 aliphatic carbocycles. The highest BCUT2D eigenvalue weighted by molar-refractivity contribution is 7.84. The van der Waals surface area contributed by atoms with Gasteiger partial charge in [-0.3, -0.25) is 0 Å². The summed E-state index contributed by atoms with van der Waals surface area (Å²) in [4.78, 5) is 0. The zero-order valence-electron chi connectivity index (χ0n) is 50.0. The number of hydrogen-bond acceptors (Lipinski definition) is 1. The van der Waals surface area contributed by atoms with Crippen LogP contribution in [0.2, 0.25) is 0 Å². The first kappa shape index (κ1) is 63.1. The summed E-state index contributed by atoms with van der Waals surface area (Å²) >= 11 is 0. The van der Waals surface area contributed by atoms with Crippen molar-refractivity contribution in [2.45, 2.75) is 284 Å². The lowest BCUT2D eigenvalue weighted by atomic mass is 9.89. The SMILES string of the molecule is CCCCCCCCCCc1ccc(P(c2ccc(CCCCCCCCCC)cc2)N(C2CCc3ccccc3C2)P(c2cccc(CCCCCCCCCC)c2)c2cccc(CCCCCCCCCC)c2)cc1. The zero-order chi connectivity index (χ0) is 53.8. The van der Waals surface area contributed by atoms with Crippen LogP contribution in [0.3, 0.4) is 0 Å². The van der Waals surface area contributed by atoms with Crippen LogP contribution in [0.25, 0.3) is 0 Å². The van der Waals surface area contributed by atoms with Gasteiger partial charge in [0.2, 0.25) is 0 Å². The van der Waals surface area contributed by atoms with E-state index in [1.54, 1.807) is 21.7 Å². The average molecular weight is 1080 g/mol. The van der Waals surface area contributed by atoms with Crippen molar-refractivity contribution in [1.82, 2.24) is 4.44 Å². The number of hydrogen-bond donors (Lipinski definition) is 0.